The van der Waals surface area contributed by atoms with Crippen molar-refractivity contribution in [2.24, 2.45) is 18.7 Å². The van der Waals surface area contributed by atoms with Crippen LogP contribution in [0, 0.1) is 19.8 Å². The van der Waals surface area contributed by atoms with Gasteiger partial charge in [0.15, 0.2) is 5.65 Å². The normalized spacial score (nSPS) is 14.1. The van der Waals surface area contributed by atoms with Gasteiger partial charge in [-0.25, -0.2) is 4.98 Å². The van der Waals surface area contributed by atoms with Gasteiger partial charge in [-0.2, -0.15) is 0 Å². The Morgan fingerprint density at radius 2 is 2.04 bits per heavy atom. The first kappa shape index (κ1) is 19.2. The van der Waals surface area contributed by atoms with Crippen LogP contribution in [-0.2, 0) is 18.3 Å². The number of nitrogens with two attached hydrogens (primary N) is 1. The van der Waals surface area contributed by atoms with Gasteiger partial charge in [0.1, 0.15) is 0 Å². The maximum Gasteiger partial charge on any atom is 0.273 e. The molecule has 2 aromatic heterocycles. The lowest BCUT2D eigenvalue weighted by Gasteiger charge is -2.31. The van der Waals surface area contributed by atoms with Gasteiger partial charge in [0.05, 0.1) is 11.8 Å². The maximum atomic E-state index is 12.6. The molecule has 4 N–H and O–H groups in total. The highest BCUT2D eigenvalue weighted by molar-refractivity contribution is 5.85. The summed E-state index contributed by atoms with van der Waals surface area (Å²) in [4.78, 5) is 29.2. The van der Waals surface area contributed by atoms with Crippen LogP contribution in [0.1, 0.15) is 44.0 Å². The number of hydrogen-bond acceptors (Lipinski definition) is 4. The van der Waals surface area contributed by atoms with Crippen molar-refractivity contribution in [3.8, 4) is 0 Å². The number of aromatic amines is 1. The topological polar surface area (TPSA) is 106 Å². The fourth-order valence-electron chi connectivity index (χ4n) is 3.54. The van der Waals surface area contributed by atoms with Crippen molar-refractivity contribution in [2.75, 3.05) is 6.54 Å². The summed E-state index contributed by atoms with van der Waals surface area (Å²) >= 11 is 0. The highest BCUT2D eigenvalue weighted by Crippen LogP contribution is 2.21. The predicted molar refractivity (Wildman–Crippen MR) is 99.6 cm³/mol. The zero-order valence-electron chi connectivity index (χ0n) is 16.0. The van der Waals surface area contributed by atoms with Gasteiger partial charge in [0.2, 0.25) is 5.91 Å². The van der Waals surface area contributed by atoms with E-state index in [0.29, 0.717) is 23.5 Å². The first-order chi connectivity index (χ1) is 11.6. The Labute approximate surface area is 148 Å². The van der Waals surface area contributed by atoms with E-state index in [-0.39, 0.29) is 17.9 Å². The van der Waals surface area contributed by atoms with Gasteiger partial charge in [-0.1, -0.05) is 13.8 Å². The van der Waals surface area contributed by atoms with Crippen LogP contribution in [0.3, 0.4) is 0 Å². The zero-order chi connectivity index (χ0) is 18.9. The van der Waals surface area contributed by atoms with Gasteiger partial charge < -0.3 is 11.1 Å². The number of aromatic nitrogens is 3. The standard InChI is InChI=1S/C18H29N5O2/c1-10(2)8-18(5,9-19)21-14(24)7-13-11(3)15-16(20-12(13)4)23(6)22-17(15)25/h10H,7-9,19H2,1-6H3,(H,21,24)(H,22,25). The van der Waals surface area contributed by atoms with E-state index in [4.69, 9.17) is 5.73 Å². The fraction of sp³-hybridized carbons (Fsp3) is 0.611. The lowest BCUT2D eigenvalue weighted by molar-refractivity contribution is -0.122. The Bertz CT molecular complexity index is 849. The average molecular weight is 347 g/mol. The third-order valence-corrected chi connectivity index (χ3v) is 4.66. The largest absolute Gasteiger partial charge is 0.349 e. The minimum Gasteiger partial charge on any atom is -0.349 e. The van der Waals surface area contributed by atoms with Crippen molar-refractivity contribution in [3.05, 3.63) is 27.2 Å². The molecule has 2 rings (SSSR count). The van der Waals surface area contributed by atoms with Crippen molar-refractivity contribution in [1.29, 1.82) is 0 Å². The van der Waals surface area contributed by atoms with Crippen LogP contribution < -0.4 is 16.6 Å². The molecule has 0 bridgehead atoms. The Kier molecular flexibility index (Phi) is 5.37. The van der Waals surface area contributed by atoms with Gasteiger partial charge >= 0.3 is 0 Å². The number of pyridine rings is 1. The monoisotopic (exact) mass is 347 g/mol. The molecule has 0 saturated carbocycles. The molecule has 0 saturated heterocycles. The number of rotatable bonds is 6. The van der Waals surface area contributed by atoms with E-state index >= 15 is 0 Å². The number of carbonyl (C=O) groups is 1. The highest BCUT2D eigenvalue weighted by atomic mass is 16.1. The van der Waals surface area contributed by atoms with Crippen LogP contribution in [0.5, 0.6) is 0 Å². The summed E-state index contributed by atoms with van der Waals surface area (Å²) < 4.78 is 1.61. The summed E-state index contributed by atoms with van der Waals surface area (Å²) in [5, 5.41) is 6.32. The Hall–Kier alpha value is -2.15. The van der Waals surface area contributed by atoms with E-state index in [1.807, 2.05) is 20.8 Å². The number of carbonyl (C=O) groups excluding carboxylic acids is 1. The minimum absolute atomic E-state index is 0.103. The second-order valence-corrected chi connectivity index (χ2v) is 7.59. The Morgan fingerprint density at radius 1 is 1.40 bits per heavy atom. The molecule has 0 aliphatic rings. The van der Waals surface area contributed by atoms with Crippen LogP contribution in [0.25, 0.3) is 11.0 Å². The number of nitrogens with one attached hydrogen (secondary N) is 2. The molecular formula is C18H29N5O2. The van der Waals surface area contributed by atoms with Gasteiger partial charge in [-0.3, -0.25) is 19.4 Å². The Balaban J connectivity index is 2.32. The number of fused-ring (bicyclic) bond motifs is 1. The summed E-state index contributed by atoms with van der Waals surface area (Å²) in [5.74, 6) is 0.325. The minimum atomic E-state index is -0.436. The van der Waals surface area contributed by atoms with Gasteiger partial charge in [0.25, 0.3) is 5.56 Å². The van der Waals surface area contributed by atoms with E-state index in [1.165, 1.54) is 0 Å². The quantitative estimate of drug-likeness (QED) is 0.732. The molecule has 0 spiro atoms. The lowest BCUT2D eigenvalue weighted by atomic mass is 9.90. The van der Waals surface area contributed by atoms with Crippen LogP contribution >= 0.6 is 0 Å². The molecule has 0 radical (unpaired) electrons. The zero-order valence-corrected chi connectivity index (χ0v) is 16.0. The maximum absolute atomic E-state index is 12.6. The fourth-order valence-corrected chi connectivity index (χ4v) is 3.54. The second kappa shape index (κ2) is 7.00. The molecule has 25 heavy (non-hydrogen) atoms. The average Bonchev–Trinajstić information content (AvgIpc) is 2.77. The summed E-state index contributed by atoms with van der Waals surface area (Å²) in [5.41, 5.74) is 8.22. The molecule has 1 amide bonds. The molecule has 0 fully saturated rings. The molecule has 0 aliphatic heterocycles. The molecule has 0 aliphatic carbocycles. The van der Waals surface area contributed by atoms with Crippen LogP contribution in [0.2, 0.25) is 0 Å². The predicted octanol–water partition coefficient (Wildman–Crippen LogP) is 1.30. The number of hydrogen-bond donors (Lipinski definition) is 3. The summed E-state index contributed by atoms with van der Waals surface area (Å²) in [6.45, 7) is 10.3. The molecule has 1 unspecified atom stereocenters. The van der Waals surface area contributed by atoms with Crippen LogP contribution in [-0.4, -0.2) is 32.8 Å². The van der Waals surface area contributed by atoms with Crippen LogP contribution in [0.4, 0.5) is 0 Å². The third kappa shape index (κ3) is 3.92. The van der Waals surface area contributed by atoms with Crippen molar-refractivity contribution in [3.63, 3.8) is 0 Å². The summed E-state index contributed by atoms with van der Waals surface area (Å²) in [7, 11) is 1.75. The first-order valence-corrected chi connectivity index (χ1v) is 8.64. The van der Waals surface area contributed by atoms with E-state index in [0.717, 1.165) is 23.2 Å². The van der Waals surface area contributed by atoms with Crippen molar-refractivity contribution in [2.45, 2.75) is 53.0 Å². The Morgan fingerprint density at radius 3 is 2.60 bits per heavy atom. The van der Waals surface area contributed by atoms with E-state index < -0.39 is 5.54 Å². The third-order valence-electron chi connectivity index (χ3n) is 4.66. The number of amides is 1. The number of nitrogens with zero attached hydrogens (tertiary/aromatic N) is 2. The second-order valence-electron chi connectivity index (χ2n) is 7.59. The van der Waals surface area contributed by atoms with E-state index in [2.05, 4.69) is 29.2 Å². The highest BCUT2D eigenvalue weighted by Gasteiger charge is 2.26. The molecule has 7 nitrogen and oxygen atoms in total. The van der Waals surface area contributed by atoms with Crippen molar-refractivity contribution >= 4 is 16.9 Å². The van der Waals surface area contributed by atoms with E-state index in [9.17, 15) is 9.59 Å². The van der Waals surface area contributed by atoms with Gasteiger partial charge in [-0.15, -0.1) is 0 Å². The number of H-pyrrole nitrogens is 1. The lowest BCUT2D eigenvalue weighted by Crippen LogP contribution is -2.52. The molecule has 0 aromatic carbocycles. The first-order valence-electron chi connectivity index (χ1n) is 8.64. The molecule has 2 aromatic rings. The van der Waals surface area contributed by atoms with E-state index in [1.54, 1.807) is 11.7 Å². The smallest absolute Gasteiger partial charge is 0.273 e. The van der Waals surface area contributed by atoms with Crippen molar-refractivity contribution in [1.82, 2.24) is 20.1 Å². The molecular weight excluding hydrogens is 318 g/mol. The van der Waals surface area contributed by atoms with Gasteiger partial charge in [0, 0.05) is 24.8 Å². The molecule has 2 heterocycles. The molecule has 7 heteroatoms. The summed E-state index contributed by atoms with van der Waals surface area (Å²) in [6.07, 6.45) is 0.992. The van der Waals surface area contributed by atoms with Crippen molar-refractivity contribution < 1.29 is 4.79 Å². The van der Waals surface area contributed by atoms with Crippen LogP contribution in [0.15, 0.2) is 4.79 Å². The number of aryl methyl sites for hydroxylation is 3. The molecule has 1 atom stereocenters. The summed E-state index contributed by atoms with van der Waals surface area (Å²) in [6, 6.07) is 0. The SMILES string of the molecule is Cc1nc2c(c(C)c1CC(=O)NC(C)(CN)CC(C)C)c(=O)[nH]n2C. The molecule has 138 valence electrons. The van der Waals surface area contributed by atoms with Gasteiger partial charge in [-0.05, 0) is 44.2 Å².